The molecule has 0 aromatic heterocycles. The van der Waals surface area contributed by atoms with Crippen LogP contribution in [0.5, 0.6) is 0 Å². The molecule has 0 aliphatic rings. The molecule has 0 spiro atoms. The molecule has 1 aromatic carbocycles. The molecule has 0 aliphatic carbocycles. The van der Waals surface area contributed by atoms with Crippen molar-refractivity contribution < 1.29 is 26.7 Å². The minimum absolute atomic E-state index is 0.964. The van der Waals surface area contributed by atoms with Gasteiger partial charge in [-0.1, -0.05) is 0 Å². The maximum atomic E-state index is 13.0. The number of halogens is 5. The minimum atomic E-state index is -2.17. The molecule has 0 heterocycles. The first kappa shape index (κ1) is 11.9. The molecule has 0 aliphatic heterocycles. The Bertz CT molecular complexity index is 362. The van der Waals surface area contributed by atoms with Crippen LogP contribution >= 0.6 is 0 Å². The molecule has 0 N–H and O–H groups in total. The topological polar surface area (TPSA) is 9.23 Å². The molecule has 1 aromatic rings. The Balaban J connectivity index is 3.52. The van der Waals surface area contributed by atoms with Crippen molar-refractivity contribution in [1.29, 1.82) is 0 Å². The van der Waals surface area contributed by atoms with E-state index in [-0.39, 0.29) is 0 Å². The van der Waals surface area contributed by atoms with Crippen LogP contribution in [0.1, 0.15) is 18.6 Å². The van der Waals surface area contributed by atoms with E-state index < -0.39 is 40.8 Å². The lowest BCUT2D eigenvalue weighted by Gasteiger charge is -2.13. The summed E-state index contributed by atoms with van der Waals surface area (Å²) in [6.45, 7) is 1.18. The third-order valence-corrected chi connectivity index (χ3v) is 2.00. The van der Waals surface area contributed by atoms with Crippen molar-refractivity contribution in [2.45, 2.75) is 13.0 Å². The van der Waals surface area contributed by atoms with E-state index in [1.54, 1.807) is 0 Å². The van der Waals surface area contributed by atoms with Gasteiger partial charge in [-0.25, -0.2) is 22.0 Å². The van der Waals surface area contributed by atoms with Gasteiger partial charge in [-0.15, -0.1) is 0 Å². The van der Waals surface area contributed by atoms with Crippen LogP contribution in [0.4, 0.5) is 22.0 Å². The predicted octanol–water partition coefficient (Wildman–Crippen LogP) is 3.09. The molecule has 1 rings (SSSR count). The molecule has 6 heteroatoms. The highest BCUT2D eigenvalue weighted by atomic mass is 19.2. The van der Waals surface area contributed by atoms with E-state index in [1.165, 1.54) is 6.92 Å². The van der Waals surface area contributed by atoms with E-state index in [0.717, 1.165) is 7.11 Å². The van der Waals surface area contributed by atoms with Crippen LogP contribution < -0.4 is 0 Å². The van der Waals surface area contributed by atoms with Crippen LogP contribution in [0.25, 0.3) is 0 Å². The Morgan fingerprint density at radius 1 is 0.800 bits per heavy atom. The molecule has 0 radical (unpaired) electrons. The molecule has 0 saturated carbocycles. The highest BCUT2D eigenvalue weighted by Gasteiger charge is 2.28. The molecule has 0 bridgehead atoms. The Hall–Kier alpha value is -1.17. The fourth-order valence-corrected chi connectivity index (χ4v) is 1.10. The molecule has 84 valence electrons. The van der Waals surface area contributed by atoms with Gasteiger partial charge in [-0.2, -0.15) is 0 Å². The monoisotopic (exact) mass is 226 g/mol. The van der Waals surface area contributed by atoms with Gasteiger partial charge in [0.15, 0.2) is 23.3 Å². The Morgan fingerprint density at radius 2 is 1.13 bits per heavy atom. The SMILES string of the molecule is CO[C@@H](C)c1c(F)c(F)c(F)c(F)c1F. The van der Waals surface area contributed by atoms with Crippen LogP contribution in [-0.4, -0.2) is 7.11 Å². The van der Waals surface area contributed by atoms with Gasteiger partial charge in [0, 0.05) is 7.11 Å². The van der Waals surface area contributed by atoms with Crippen LogP contribution in [0.2, 0.25) is 0 Å². The zero-order chi connectivity index (χ0) is 11.7. The molecule has 0 saturated heterocycles. The molecule has 15 heavy (non-hydrogen) atoms. The number of benzene rings is 1. The lowest BCUT2D eigenvalue weighted by molar-refractivity contribution is 0.110. The quantitative estimate of drug-likeness (QED) is 0.427. The van der Waals surface area contributed by atoms with E-state index in [0.29, 0.717) is 0 Å². The minimum Gasteiger partial charge on any atom is -0.377 e. The zero-order valence-electron chi connectivity index (χ0n) is 7.88. The summed E-state index contributed by atoms with van der Waals surface area (Å²) in [7, 11) is 1.10. The molecule has 1 nitrogen and oxygen atoms in total. The molecular weight excluding hydrogens is 219 g/mol. The van der Waals surface area contributed by atoms with Gasteiger partial charge in [0.2, 0.25) is 5.82 Å². The van der Waals surface area contributed by atoms with E-state index in [1.807, 2.05) is 0 Å². The Labute approximate surface area is 82.5 Å². The van der Waals surface area contributed by atoms with Crippen LogP contribution in [0.3, 0.4) is 0 Å². The van der Waals surface area contributed by atoms with E-state index in [9.17, 15) is 22.0 Å². The van der Waals surface area contributed by atoms with E-state index in [2.05, 4.69) is 4.74 Å². The normalized spacial score (nSPS) is 13.0. The van der Waals surface area contributed by atoms with Gasteiger partial charge in [0.25, 0.3) is 0 Å². The first-order valence-electron chi connectivity index (χ1n) is 3.95. The predicted molar refractivity (Wildman–Crippen MR) is 41.7 cm³/mol. The van der Waals surface area contributed by atoms with Gasteiger partial charge in [-0.05, 0) is 6.92 Å². The molecule has 1 atom stereocenters. The Kier molecular flexibility index (Phi) is 3.28. The number of hydrogen-bond donors (Lipinski definition) is 0. The lowest BCUT2D eigenvalue weighted by atomic mass is 10.1. The van der Waals surface area contributed by atoms with Crippen molar-refractivity contribution in [2.75, 3.05) is 7.11 Å². The van der Waals surface area contributed by atoms with Crippen molar-refractivity contribution in [2.24, 2.45) is 0 Å². The molecule has 0 fully saturated rings. The summed E-state index contributed by atoms with van der Waals surface area (Å²) in [4.78, 5) is 0. The lowest BCUT2D eigenvalue weighted by Crippen LogP contribution is -2.10. The summed E-state index contributed by atoms with van der Waals surface area (Å²) in [5, 5.41) is 0. The smallest absolute Gasteiger partial charge is 0.200 e. The standard InChI is InChI=1S/C9H7F5O/c1-3(15-2)4-5(10)7(12)9(14)8(13)6(4)11/h3H,1-2H3/t3-/m0/s1. The summed E-state index contributed by atoms with van der Waals surface area (Å²) in [6, 6.07) is 0. The fraction of sp³-hybridized carbons (Fsp3) is 0.333. The maximum absolute atomic E-state index is 13.0. The number of ether oxygens (including phenoxy) is 1. The largest absolute Gasteiger partial charge is 0.377 e. The number of rotatable bonds is 2. The molecular formula is C9H7F5O. The van der Waals surface area contributed by atoms with E-state index >= 15 is 0 Å². The van der Waals surface area contributed by atoms with Crippen molar-refractivity contribution in [1.82, 2.24) is 0 Å². The molecule has 0 unspecified atom stereocenters. The van der Waals surface area contributed by atoms with Crippen molar-refractivity contribution >= 4 is 0 Å². The second-order valence-corrected chi connectivity index (χ2v) is 2.86. The van der Waals surface area contributed by atoms with Crippen LogP contribution in [0.15, 0.2) is 0 Å². The summed E-state index contributed by atoms with van der Waals surface area (Å²) in [5.41, 5.74) is -0.964. The van der Waals surface area contributed by atoms with Gasteiger partial charge in [0.05, 0.1) is 11.7 Å². The first-order chi connectivity index (χ1) is 6.91. The van der Waals surface area contributed by atoms with Crippen molar-refractivity contribution in [3.63, 3.8) is 0 Å². The summed E-state index contributed by atoms with van der Waals surface area (Å²) < 4.78 is 68.6. The second kappa shape index (κ2) is 4.14. The average molecular weight is 226 g/mol. The van der Waals surface area contributed by atoms with Crippen molar-refractivity contribution in [3.8, 4) is 0 Å². The fourth-order valence-electron chi connectivity index (χ4n) is 1.10. The van der Waals surface area contributed by atoms with Crippen LogP contribution in [0, 0.1) is 29.1 Å². The van der Waals surface area contributed by atoms with Gasteiger partial charge >= 0.3 is 0 Å². The van der Waals surface area contributed by atoms with Crippen molar-refractivity contribution in [3.05, 3.63) is 34.6 Å². The highest BCUT2D eigenvalue weighted by molar-refractivity contribution is 5.25. The zero-order valence-corrected chi connectivity index (χ0v) is 7.88. The second-order valence-electron chi connectivity index (χ2n) is 2.86. The number of methoxy groups -OCH3 is 1. The van der Waals surface area contributed by atoms with E-state index in [4.69, 9.17) is 0 Å². The maximum Gasteiger partial charge on any atom is 0.200 e. The summed E-state index contributed by atoms with van der Waals surface area (Å²) in [6.07, 6.45) is -1.21. The average Bonchev–Trinajstić information content (AvgIpc) is 2.23. The third-order valence-electron chi connectivity index (χ3n) is 2.00. The number of hydrogen-bond acceptors (Lipinski definition) is 1. The van der Waals surface area contributed by atoms with Gasteiger partial charge in [-0.3, -0.25) is 0 Å². The van der Waals surface area contributed by atoms with Gasteiger partial charge in [0.1, 0.15) is 0 Å². The molecule has 0 amide bonds. The van der Waals surface area contributed by atoms with Crippen LogP contribution in [-0.2, 0) is 4.74 Å². The van der Waals surface area contributed by atoms with Gasteiger partial charge < -0.3 is 4.74 Å². The Morgan fingerprint density at radius 3 is 1.47 bits per heavy atom. The third kappa shape index (κ3) is 1.81. The summed E-state index contributed by atoms with van der Waals surface area (Å²) >= 11 is 0. The summed E-state index contributed by atoms with van der Waals surface area (Å²) in [5.74, 6) is -9.82. The first-order valence-corrected chi connectivity index (χ1v) is 3.95. The highest BCUT2D eigenvalue weighted by Crippen LogP contribution is 2.28.